The number of rotatable bonds is 6. The van der Waals surface area contributed by atoms with Crippen LogP contribution >= 0.6 is 0 Å². The summed E-state index contributed by atoms with van der Waals surface area (Å²) >= 11 is 0. The first kappa shape index (κ1) is 30.3. The molecule has 0 rings (SSSR count). The van der Waals surface area contributed by atoms with E-state index in [9.17, 15) is 0 Å². The number of hydrogen-bond acceptors (Lipinski definition) is 6. The van der Waals surface area contributed by atoms with Gasteiger partial charge < -0.3 is 30.6 Å². The van der Waals surface area contributed by atoms with E-state index in [2.05, 4.69) is 0 Å². The molecule has 0 aromatic carbocycles. The largest absolute Gasteiger partial charge is 0.393 e. The molecule has 0 bridgehead atoms. The van der Waals surface area contributed by atoms with Gasteiger partial charge in [-0.2, -0.15) is 0 Å². The maximum atomic E-state index is 8.56. The van der Waals surface area contributed by atoms with E-state index in [0.29, 0.717) is 19.3 Å². The third-order valence-electron chi connectivity index (χ3n) is 2.05. The van der Waals surface area contributed by atoms with E-state index in [1.165, 1.54) is 0 Å². The molecule has 0 aliphatic heterocycles. The third-order valence-corrected chi connectivity index (χ3v) is 2.05. The second kappa shape index (κ2) is 19.4. The van der Waals surface area contributed by atoms with Gasteiger partial charge in [0.2, 0.25) is 0 Å². The van der Waals surface area contributed by atoms with E-state index in [-0.39, 0.29) is 55.2 Å². The van der Waals surface area contributed by atoms with Crippen molar-refractivity contribution >= 4 is 0 Å². The Kier molecular flexibility index (Phi) is 26.7. The zero-order chi connectivity index (χ0) is 17.6. The van der Waals surface area contributed by atoms with Gasteiger partial charge in [-0.1, -0.05) is 0 Å². The Labute approximate surface area is 147 Å². The van der Waals surface area contributed by atoms with Gasteiger partial charge in [-0.05, 0) is 60.8 Å². The Balaban J connectivity index is -0.000000108. The molecule has 0 spiro atoms. The molecule has 6 nitrogen and oxygen atoms in total. The van der Waals surface area contributed by atoms with Crippen molar-refractivity contribution in [2.45, 2.75) is 97.4 Å². The molecule has 0 aliphatic rings. The van der Waals surface area contributed by atoms with Crippen LogP contribution in [0.3, 0.4) is 0 Å². The van der Waals surface area contributed by atoms with Gasteiger partial charge in [-0.25, -0.2) is 0 Å². The molecule has 0 heterocycles. The summed E-state index contributed by atoms with van der Waals surface area (Å²) in [4.78, 5) is 0. The van der Waals surface area contributed by atoms with Crippen LogP contribution in [0.2, 0.25) is 0 Å². The normalized spacial score (nSPS) is 18.0. The molecular weight excluding hydrogens is 327 g/mol. The zero-order valence-corrected chi connectivity index (χ0v) is 16.1. The van der Waals surface area contributed by atoms with Gasteiger partial charge in [0, 0.05) is 18.6 Å². The predicted molar refractivity (Wildman–Crippen MR) is 83.9 cm³/mol. The van der Waals surface area contributed by atoms with Crippen molar-refractivity contribution in [2.24, 2.45) is 0 Å². The van der Waals surface area contributed by atoms with E-state index < -0.39 is 0 Å². The zero-order valence-electron chi connectivity index (χ0n) is 14.7. The second-order valence-corrected chi connectivity index (χ2v) is 5.80. The molecule has 6 N–H and O–H groups in total. The van der Waals surface area contributed by atoms with Crippen LogP contribution in [0.5, 0.6) is 0 Å². The van der Waals surface area contributed by atoms with Crippen molar-refractivity contribution in [3.8, 4) is 0 Å². The van der Waals surface area contributed by atoms with Gasteiger partial charge in [0.15, 0.2) is 0 Å². The molecule has 0 aliphatic carbocycles. The van der Waals surface area contributed by atoms with Crippen LogP contribution in [0.15, 0.2) is 0 Å². The minimum atomic E-state index is -0.375. The molecule has 0 saturated carbocycles. The number of aliphatic hydroxyl groups is 6. The van der Waals surface area contributed by atoms with Gasteiger partial charge >= 0.3 is 0 Å². The molecule has 0 aromatic rings. The fourth-order valence-corrected chi connectivity index (χ4v) is 1.48. The van der Waals surface area contributed by atoms with Gasteiger partial charge in [-0.3, -0.25) is 0 Å². The Bertz CT molecular complexity index is 145. The molecule has 6 unspecified atom stereocenters. The van der Waals surface area contributed by atoms with E-state index in [4.69, 9.17) is 30.6 Å². The first-order valence-electron chi connectivity index (χ1n) is 7.46. The van der Waals surface area contributed by atoms with E-state index in [0.717, 1.165) is 0 Å². The topological polar surface area (TPSA) is 121 Å². The SMILES string of the molecule is CC(O)CC(C)O.CC(O)CC(C)O.CC(O)CC(C)O.[V]. The molecule has 1 radical (unpaired) electrons. The van der Waals surface area contributed by atoms with Gasteiger partial charge in [0.05, 0.1) is 36.6 Å². The van der Waals surface area contributed by atoms with Crippen molar-refractivity contribution in [3.05, 3.63) is 0 Å². The summed E-state index contributed by atoms with van der Waals surface area (Å²) in [6.45, 7) is 9.96. The summed E-state index contributed by atoms with van der Waals surface area (Å²) in [7, 11) is 0. The fourth-order valence-electron chi connectivity index (χ4n) is 1.48. The Morgan fingerprint density at radius 1 is 0.409 bits per heavy atom. The maximum absolute atomic E-state index is 8.56. The summed E-state index contributed by atoms with van der Waals surface area (Å²) in [6, 6.07) is 0. The summed E-state index contributed by atoms with van der Waals surface area (Å²) in [6.07, 6.45) is -0.833. The molecule has 7 heteroatoms. The van der Waals surface area contributed by atoms with Crippen LogP contribution < -0.4 is 0 Å². The maximum Gasteiger partial charge on any atom is 0.0536 e. The van der Waals surface area contributed by atoms with Gasteiger partial charge in [0.25, 0.3) is 0 Å². The summed E-state index contributed by atoms with van der Waals surface area (Å²) in [5.74, 6) is 0. The average molecular weight is 363 g/mol. The Hall–Kier alpha value is 0.344. The Morgan fingerprint density at radius 2 is 0.500 bits per heavy atom. The number of hydrogen-bond donors (Lipinski definition) is 6. The summed E-state index contributed by atoms with van der Waals surface area (Å²) in [5.41, 5.74) is 0. The molecule has 0 saturated heterocycles. The molecule has 6 atom stereocenters. The summed E-state index contributed by atoms with van der Waals surface area (Å²) in [5, 5.41) is 51.4. The van der Waals surface area contributed by atoms with Crippen LogP contribution in [-0.4, -0.2) is 67.3 Å². The molecule has 0 fully saturated rings. The van der Waals surface area contributed by atoms with E-state index in [1.807, 2.05) is 0 Å². The molecule has 137 valence electrons. The van der Waals surface area contributed by atoms with Crippen molar-refractivity contribution in [3.63, 3.8) is 0 Å². The average Bonchev–Trinajstić information content (AvgIpc) is 2.10. The van der Waals surface area contributed by atoms with E-state index in [1.54, 1.807) is 41.5 Å². The van der Waals surface area contributed by atoms with Gasteiger partial charge in [0.1, 0.15) is 0 Å². The van der Waals surface area contributed by atoms with Crippen LogP contribution in [0.1, 0.15) is 60.8 Å². The molecule has 22 heavy (non-hydrogen) atoms. The molecular formula is C15H36O6V. The monoisotopic (exact) mass is 363 g/mol. The predicted octanol–water partition coefficient (Wildman–Crippen LogP) is 0.412. The molecule has 0 amide bonds. The van der Waals surface area contributed by atoms with Gasteiger partial charge in [-0.15, -0.1) is 0 Å². The summed E-state index contributed by atoms with van der Waals surface area (Å²) < 4.78 is 0. The smallest absolute Gasteiger partial charge is 0.0536 e. The first-order valence-corrected chi connectivity index (χ1v) is 7.46. The standard InChI is InChI=1S/3C5H12O2.V/c3*1-4(6)3-5(2)7;/h3*4-7H,3H2,1-2H3;. The van der Waals surface area contributed by atoms with Crippen molar-refractivity contribution in [1.82, 2.24) is 0 Å². The van der Waals surface area contributed by atoms with E-state index >= 15 is 0 Å². The van der Waals surface area contributed by atoms with Crippen LogP contribution in [0.25, 0.3) is 0 Å². The Morgan fingerprint density at radius 3 is 0.500 bits per heavy atom. The third kappa shape index (κ3) is 50.0. The molecule has 0 aromatic heterocycles. The minimum absolute atomic E-state index is 0. The van der Waals surface area contributed by atoms with Crippen LogP contribution in [0.4, 0.5) is 0 Å². The fraction of sp³-hybridized carbons (Fsp3) is 1.00. The van der Waals surface area contributed by atoms with Crippen molar-refractivity contribution < 1.29 is 49.2 Å². The minimum Gasteiger partial charge on any atom is -0.393 e. The van der Waals surface area contributed by atoms with Crippen molar-refractivity contribution in [1.29, 1.82) is 0 Å². The second-order valence-electron chi connectivity index (χ2n) is 5.80. The quantitative estimate of drug-likeness (QED) is 0.407. The van der Waals surface area contributed by atoms with Crippen LogP contribution in [-0.2, 0) is 18.6 Å². The first-order chi connectivity index (χ1) is 9.38. The van der Waals surface area contributed by atoms with Crippen molar-refractivity contribution in [2.75, 3.05) is 0 Å². The number of aliphatic hydroxyl groups excluding tert-OH is 6. The van der Waals surface area contributed by atoms with Crippen LogP contribution in [0, 0.1) is 0 Å².